The van der Waals surface area contributed by atoms with Crippen LogP contribution in [-0.2, 0) is 4.79 Å². The molecule has 0 saturated carbocycles. The highest BCUT2D eigenvalue weighted by atomic mass is 16.1. The van der Waals surface area contributed by atoms with Gasteiger partial charge in [-0.3, -0.25) is 14.8 Å². The largest absolute Gasteiger partial charge is 0.395 e. The Labute approximate surface area is 70.7 Å². The second kappa shape index (κ2) is 2.94. The monoisotopic (exact) mass is 168 g/mol. The van der Waals surface area contributed by atoms with Crippen molar-refractivity contribution in [3.8, 4) is 0 Å². The third-order valence-corrected chi connectivity index (χ3v) is 1.89. The number of nitrogens with zero attached hydrogens (tertiary/aromatic N) is 2. The van der Waals surface area contributed by atoms with Crippen molar-refractivity contribution in [2.45, 2.75) is 20.0 Å². The van der Waals surface area contributed by atoms with Crippen molar-refractivity contribution >= 4 is 12.0 Å². The zero-order valence-electron chi connectivity index (χ0n) is 7.11. The molecule has 1 aliphatic heterocycles. The third kappa shape index (κ3) is 1.18. The SMILES string of the molecule is CC1=C(N)C(C=O)=NC(C)N1N. The van der Waals surface area contributed by atoms with Crippen LogP contribution in [0.3, 0.4) is 0 Å². The summed E-state index contributed by atoms with van der Waals surface area (Å²) in [5.74, 6) is 5.60. The summed E-state index contributed by atoms with van der Waals surface area (Å²) in [7, 11) is 0. The molecule has 1 unspecified atom stereocenters. The van der Waals surface area contributed by atoms with Gasteiger partial charge in [-0.2, -0.15) is 0 Å². The number of nitrogens with two attached hydrogens (primary N) is 2. The lowest BCUT2D eigenvalue weighted by Crippen LogP contribution is -2.43. The number of rotatable bonds is 1. The first-order chi connectivity index (χ1) is 5.57. The maximum absolute atomic E-state index is 10.5. The number of carbonyl (C=O) groups excluding carboxylic acids is 1. The summed E-state index contributed by atoms with van der Waals surface area (Å²) in [6, 6.07) is 0. The minimum absolute atomic E-state index is 0.225. The molecule has 0 spiro atoms. The van der Waals surface area contributed by atoms with Gasteiger partial charge in [-0.05, 0) is 13.8 Å². The van der Waals surface area contributed by atoms with Crippen LogP contribution in [0.25, 0.3) is 0 Å². The van der Waals surface area contributed by atoms with Gasteiger partial charge in [-0.25, -0.2) is 5.84 Å². The molecule has 66 valence electrons. The quantitative estimate of drug-likeness (QED) is 0.402. The first-order valence-electron chi connectivity index (χ1n) is 3.61. The summed E-state index contributed by atoms with van der Waals surface area (Å²) in [6.45, 7) is 3.55. The van der Waals surface area contributed by atoms with Gasteiger partial charge in [0, 0.05) is 0 Å². The predicted octanol–water partition coefficient (Wildman–Crippen LogP) is -0.648. The summed E-state index contributed by atoms with van der Waals surface area (Å²) in [5, 5.41) is 1.43. The van der Waals surface area contributed by atoms with Gasteiger partial charge in [0.2, 0.25) is 0 Å². The first kappa shape index (κ1) is 8.73. The number of hydrogen-bond acceptors (Lipinski definition) is 5. The van der Waals surface area contributed by atoms with Crippen LogP contribution in [0.5, 0.6) is 0 Å². The highest BCUT2D eigenvalue weighted by Gasteiger charge is 2.20. The van der Waals surface area contributed by atoms with Crippen LogP contribution in [0.2, 0.25) is 0 Å². The number of carbonyl (C=O) groups is 1. The van der Waals surface area contributed by atoms with Gasteiger partial charge in [0.15, 0.2) is 6.29 Å². The molecule has 1 heterocycles. The van der Waals surface area contributed by atoms with Crippen LogP contribution >= 0.6 is 0 Å². The van der Waals surface area contributed by atoms with Crippen LogP contribution in [0.4, 0.5) is 0 Å². The Hall–Kier alpha value is -1.36. The fourth-order valence-corrected chi connectivity index (χ4v) is 1.03. The molecule has 0 aromatic heterocycles. The minimum Gasteiger partial charge on any atom is -0.395 e. The van der Waals surface area contributed by atoms with Gasteiger partial charge in [-0.15, -0.1) is 0 Å². The lowest BCUT2D eigenvalue weighted by Gasteiger charge is -2.29. The molecule has 12 heavy (non-hydrogen) atoms. The molecule has 5 nitrogen and oxygen atoms in total. The highest BCUT2D eigenvalue weighted by Crippen LogP contribution is 2.13. The lowest BCUT2D eigenvalue weighted by molar-refractivity contribution is -0.102. The molecule has 0 radical (unpaired) electrons. The lowest BCUT2D eigenvalue weighted by atomic mass is 10.2. The summed E-state index contributed by atoms with van der Waals surface area (Å²) in [4.78, 5) is 14.4. The van der Waals surface area contributed by atoms with Gasteiger partial charge in [0.25, 0.3) is 0 Å². The molecule has 0 fully saturated rings. The first-order valence-corrected chi connectivity index (χ1v) is 3.61. The van der Waals surface area contributed by atoms with E-state index in [1.54, 1.807) is 13.8 Å². The molecule has 1 rings (SSSR count). The van der Waals surface area contributed by atoms with Crippen molar-refractivity contribution in [3.05, 3.63) is 11.4 Å². The van der Waals surface area contributed by atoms with Gasteiger partial charge in [0.05, 0.1) is 11.4 Å². The molecule has 1 aliphatic rings. The summed E-state index contributed by atoms with van der Waals surface area (Å²) in [6.07, 6.45) is 0.417. The van der Waals surface area contributed by atoms with E-state index in [4.69, 9.17) is 11.6 Å². The van der Waals surface area contributed by atoms with Crippen molar-refractivity contribution in [2.75, 3.05) is 0 Å². The topological polar surface area (TPSA) is 84.7 Å². The van der Waals surface area contributed by atoms with Crippen molar-refractivity contribution < 1.29 is 4.79 Å². The van der Waals surface area contributed by atoms with Gasteiger partial charge < -0.3 is 5.73 Å². The zero-order valence-corrected chi connectivity index (χ0v) is 7.11. The van der Waals surface area contributed by atoms with E-state index in [2.05, 4.69) is 4.99 Å². The third-order valence-electron chi connectivity index (χ3n) is 1.89. The molecule has 5 heteroatoms. The van der Waals surface area contributed by atoms with E-state index >= 15 is 0 Å². The van der Waals surface area contributed by atoms with Crippen molar-refractivity contribution in [1.82, 2.24) is 5.01 Å². The number of allylic oxidation sites excluding steroid dienone is 2. The highest BCUT2D eigenvalue weighted by molar-refractivity contribution is 6.36. The molecule has 4 N–H and O–H groups in total. The van der Waals surface area contributed by atoms with Crippen LogP contribution < -0.4 is 11.6 Å². The van der Waals surface area contributed by atoms with E-state index in [1.807, 2.05) is 0 Å². The maximum Gasteiger partial charge on any atom is 0.170 e. The second-order valence-corrected chi connectivity index (χ2v) is 2.67. The smallest absolute Gasteiger partial charge is 0.170 e. The van der Waals surface area contributed by atoms with Crippen LogP contribution in [-0.4, -0.2) is 23.2 Å². The fraction of sp³-hybridized carbons (Fsp3) is 0.429. The molecule has 0 saturated heterocycles. The van der Waals surface area contributed by atoms with E-state index < -0.39 is 0 Å². The molecular formula is C7H12N4O. The Morgan fingerprint density at radius 2 is 2.25 bits per heavy atom. The van der Waals surface area contributed by atoms with E-state index in [9.17, 15) is 4.79 Å². The minimum atomic E-state index is -0.225. The van der Waals surface area contributed by atoms with Gasteiger partial charge in [-0.1, -0.05) is 0 Å². The zero-order chi connectivity index (χ0) is 9.30. The summed E-state index contributed by atoms with van der Waals surface area (Å²) < 4.78 is 0. The summed E-state index contributed by atoms with van der Waals surface area (Å²) in [5.41, 5.74) is 6.89. The van der Waals surface area contributed by atoms with E-state index in [1.165, 1.54) is 5.01 Å². The van der Waals surface area contributed by atoms with E-state index in [0.29, 0.717) is 17.7 Å². The van der Waals surface area contributed by atoms with Crippen molar-refractivity contribution in [2.24, 2.45) is 16.6 Å². The molecule has 1 atom stereocenters. The molecule has 0 aromatic rings. The molecule has 0 amide bonds. The fourth-order valence-electron chi connectivity index (χ4n) is 1.03. The molecular weight excluding hydrogens is 156 g/mol. The Bertz CT molecular complexity index is 269. The van der Waals surface area contributed by atoms with Crippen LogP contribution in [0.1, 0.15) is 13.8 Å². The standard InChI is InChI=1S/C7H12N4O/c1-4-7(8)6(3-12)10-5(2)11(4)9/h3,5H,8-9H2,1-2H3. The van der Waals surface area contributed by atoms with Crippen molar-refractivity contribution in [3.63, 3.8) is 0 Å². The Kier molecular flexibility index (Phi) is 2.14. The van der Waals surface area contributed by atoms with Crippen molar-refractivity contribution in [1.29, 1.82) is 0 Å². The number of hydrogen-bond donors (Lipinski definition) is 2. The number of aliphatic imine (C=N–C) groups is 1. The Morgan fingerprint density at radius 1 is 1.67 bits per heavy atom. The number of hydrazine groups is 1. The second-order valence-electron chi connectivity index (χ2n) is 2.67. The molecule has 0 aliphatic carbocycles. The average molecular weight is 168 g/mol. The summed E-state index contributed by atoms with van der Waals surface area (Å²) >= 11 is 0. The van der Waals surface area contributed by atoms with Gasteiger partial charge >= 0.3 is 0 Å². The average Bonchev–Trinajstić information content (AvgIpc) is 2.08. The predicted molar refractivity (Wildman–Crippen MR) is 45.9 cm³/mol. The maximum atomic E-state index is 10.5. The van der Waals surface area contributed by atoms with Crippen LogP contribution in [0, 0.1) is 0 Å². The Morgan fingerprint density at radius 3 is 2.75 bits per heavy atom. The molecule has 0 bridgehead atoms. The van der Waals surface area contributed by atoms with Gasteiger partial charge in [0.1, 0.15) is 11.9 Å². The number of aldehydes is 1. The van der Waals surface area contributed by atoms with E-state index in [-0.39, 0.29) is 11.9 Å². The normalized spacial score (nSPS) is 24.1. The Balaban J connectivity index is 3.08. The van der Waals surface area contributed by atoms with Crippen LogP contribution in [0.15, 0.2) is 16.4 Å². The van der Waals surface area contributed by atoms with E-state index in [0.717, 1.165) is 0 Å². The molecule has 0 aromatic carbocycles.